The summed E-state index contributed by atoms with van der Waals surface area (Å²) >= 11 is 0. The molecule has 0 saturated carbocycles. The Balaban J connectivity index is 2.04. The summed E-state index contributed by atoms with van der Waals surface area (Å²) in [5, 5.41) is 0. The van der Waals surface area contributed by atoms with E-state index in [2.05, 4.69) is 0 Å². The highest BCUT2D eigenvalue weighted by molar-refractivity contribution is 6.20. The topological polar surface area (TPSA) is 114 Å². The normalized spacial score (nSPS) is 23.9. The number of barbiturate groups is 1. The van der Waals surface area contributed by atoms with E-state index < -0.39 is 40.6 Å². The molecule has 1 spiro atoms. The van der Waals surface area contributed by atoms with E-state index in [1.54, 1.807) is 11.9 Å². The van der Waals surface area contributed by atoms with E-state index in [1.165, 1.54) is 25.7 Å². The van der Waals surface area contributed by atoms with Crippen molar-refractivity contribution in [2.45, 2.75) is 12.5 Å². The summed E-state index contributed by atoms with van der Waals surface area (Å²) in [6, 6.07) is -1.45. The molecule has 0 N–H and O–H groups in total. The number of anilines is 1. The van der Waals surface area contributed by atoms with Crippen molar-refractivity contribution in [2.24, 2.45) is 19.5 Å². The first-order chi connectivity index (χ1) is 13.1. The molecule has 2 fully saturated rings. The molecular formula is C17H21N5O6. The van der Waals surface area contributed by atoms with E-state index in [0.717, 1.165) is 14.4 Å². The predicted molar refractivity (Wildman–Crippen MR) is 96.0 cm³/mol. The molecule has 3 aliphatic heterocycles. The number of fused-ring (bicyclic) bond motifs is 4. The molecule has 0 aliphatic carbocycles. The average molecular weight is 391 g/mol. The van der Waals surface area contributed by atoms with Gasteiger partial charge in [-0.25, -0.2) is 9.59 Å². The second-order valence-electron chi connectivity index (χ2n) is 7.45. The Hall–Kier alpha value is -2.95. The molecule has 0 bridgehead atoms. The van der Waals surface area contributed by atoms with E-state index in [0.29, 0.717) is 19.0 Å². The van der Waals surface area contributed by atoms with Gasteiger partial charge in [0, 0.05) is 41.2 Å². The van der Waals surface area contributed by atoms with Crippen LogP contribution in [0.1, 0.15) is 5.56 Å². The van der Waals surface area contributed by atoms with Gasteiger partial charge >= 0.3 is 11.7 Å². The van der Waals surface area contributed by atoms with Gasteiger partial charge in [-0.1, -0.05) is 0 Å². The Morgan fingerprint density at radius 2 is 1.54 bits per heavy atom. The number of imide groups is 2. The van der Waals surface area contributed by atoms with Crippen LogP contribution in [0.15, 0.2) is 9.59 Å². The second kappa shape index (κ2) is 5.77. The summed E-state index contributed by atoms with van der Waals surface area (Å²) in [7, 11) is 5.54. The van der Waals surface area contributed by atoms with Gasteiger partial charge in [-0.3, -0.25) is 33.3 Å². The van der Waals surface area contributed by atoms with Crippen molar-refractivity contribution in [3.05, 3.63) is 26.4 Å². The fourth-order valence-electron chi connectivity index (χ4n) is 4.61. The Bertz CT molecular complexity index is 1020. The molecule has 3 aliphatic rings. The molecule has 11 nitrogen and oxygen atoms in total. The molecule has 4 heterocycles. The monoisotopic (exact) mass is 391 g/mol. The molecule has 1 atom stereocenters. The van der Waals surface area contributed by atoms with Crippen LogP contribution in [-0.2, 0) is 34.8 Å². The number of hydrogen-bond donors (Lipinski definition) is 0. The molecule has 1 aromatic heterocycles. The highest BCUT2D eigenvalue weighted by Gasteiger charge is 2.64. The lowest BCUT2D eigenvalue weighted by molar-refractivity contribution is -0.161. The smallest absolute Gasteiger partial charge is 0.332 e. The maximum Gasteiger partial charge on any atom is 0.332 e. The van der Waals surface area contributed by atoms with Crippen molar-refractivity contribution < 1.29 is 19.1 Å². The van der Waals surface area contributed by atoms with Crippen molar-refractivity contribution in [2.75, 3.05) is 38.8 Å². The quantitative estimate of drug-likeness (QED) is 0.465. The number of ether oxygens (including phenoxy) is 1. The summed E-state index contributed by atoms with van der Waals surface area (Å²) in [5.41, 5.74) is -2.50. The predicted octanol–water partition coefficient (Wildman–Crippen LogP) is -2.12. The van der Waals surface area contributed by atoms with Crippen LogP contribution in [0.25, 0.3) is 0 Å². The zero-order valence-corrected chi connectivity index (χ0v) is 16.1. The number of carbonyl (C=O) groups is 3. The first-order valence-corrected chi connectivity index (χ1v) is 8.88. The number of aromatic nitrogens is 2. The van der Waals surface area contributed by atoms with Crippen molar-refractivity contribution >= 4 is 23.7 Å². The first-order valence-electron chi connectivity index (χ1n) is 8.88. The molecule has 1 aromatic rings. The zero-order chi connectivity index (χ0) is 20.5. The molecule has 28 heavy (non-hydrogen) atoms. The molecule has 0 radical (unpaired) electrons. The zero-order valence-electron chi connectivity index (χ0n) is 16.1. The molecular weight excluding hydrogens is 370 g/mol. The van der Waals surface area contributed by atoms with Crippen molar-refractivity contribution in [3.8, 4) is 0 Å². The summed E-state index contributed by atoms with van der Waals surface area (Å²) in [5.74, 6) is -0.930. The summed E-state index contributed by atoms with van der Waals surface area (Å²) in [4.78, 5) is 67.7. The fraction of sp³-hybridized carbons (Fsp3) is 0.588. The van der Waals surface area contributed by atoms with Gasteiger partial charge in [0.05, 0.1) is 24.8 Å². The van der Waals surface area contributed by atoms with Crippen LogP contribution in [0.5, 0.6) is 0 Å². The second-order valence-corrected chi connectivity index (χ2v) is 7.45. The van der Waals surface area contributed by atoms with Crippen molar-refractivity contribution in [3.63, 3.8) is 0 Å². The maximum atomic E-state index is 13.3. The Labute approximate surface area is 159 Å². The van der Waals surface area contributed by atoms with Gasteiger partial charge in [-0.15, -0.1) is 0 Å². The third kappa shape index (κ3) is 1.99. The number of hydrogen-bond acceptors (Lipinski definition) is 7. The average Bonchev–Trinajstić information content (AvgIpc) is 2.71. The van der Waals surface area contributed by atoms with Crippen LogP contribution in [0, 0.1) is 5.41 Å². The first kappa shape index (κ1) is 18.4. The minimum absolute atomic E-state index is 0.0657. The lowest BCUT2D eigenvalue weighted by atomic mass is 9.68. The maximum absolute atomic E-state index is 13.3. The van der Waals surface area contributed by atoms with E-state index >= 15 is 0 Å². The number of nitrogens with zero attached hydrogens (tertiary/aromatic N) is 5. The van der Waals surface area contributed by atoms with Gasteiger partial charge in [-0.2, -0.15) is 0 Å². The molecule has 150 valence electrons. The highest BCUT2D eigenvalue weighted by Crippen LogP contribution is 2.45. The SMILES string of the molecule is CN1C(=O)N(C)C(=O)C2(Cc3c(n(C)c(=O)n(C)c3=O)N3CCOCC32)C1=O. The van der Waals surface area contributed by atoms with Gasteiger partial charge in [0.25, 0.3) is 5.56 Å². The molecule has 4 amide bonds. The van der Waals surface area contributed by atoms with Crippen LogP contribution in [0.4, 0.5) is 10.6 Å². The van der Waals surface area contributed by atoms with Gasteiger partial charge in [-0.05, 0) is 0 Å². The number of carbonyl (C=O) groups excluding carboxylic acids is 3. The van der Waals surface area contributed by atoms with Crippen LogP contribution in [0.3, 0.4) is 0 Å². The molecule has 1 unspecified atom stereocenters. The Morgan fingerprint density at radius 3 is 2.14 bits per heavy atom. The standard InChI is InChI=1S/C17H21N5O6/c1-18-11-9(12(23)19(2)15(18)26)7-17(10-8-28-6-5-22(10)11)13(24)20(3)16(27)21(4)14(17)25/h10H,5-8H2,1-4H3. The van der Waals surface area contributed by atoms with Crippen LogP contribution >= 0.6 is 0 Å². The minimum atomic E-state index is -1.67. The van der Waals surface area contributed by atoms with Gasteiger partial charge in [0.2, 0.25) is 11.8 Å². The Morgan fingerprint density at radius 1 is 0.929 bits per heavy atom. The molecule has 4 rings (SSSR count). The van der Waals surface area contributed by atoms with E-state index in [4.69, 9.17) is 4.74 Å². The lowest BCUT2D eigenvalue weighted by Crippen LogP contribution is -2.74. The molecule has 11 heteroatoms. The number of rotatable bonds is 0. The highest BCUT2D eigenvalue weighted by atomic mass is 16.5. The van der Waals surface area contributed by atoms with E-state index in [1.807, 2.05) is 0 Å². The number of morpholine rings is 1. The number of urea groups is 1. The minimum Gasteiger partial charge on any atom is -0.377 e. The van der Waals surface area contributed by atoms with Gasteiger partial charge in [0.1, 0.15) is 5.82 Å². The largest absolute Gasteiger partial charge is 0.377 e. The van der Waals surface area contributed by atoms with Crippen LogP contribution in [-0.4, -0.2) is 76.7 Å². The lowest BCUT2D eigenvalue weighted by Gasteiger charge is -2.53. The van der Waals surface area contributed by atoms with Crippen molar-refractivity contribution in [1.29, 1.82) is 0 Å². The van der Waals surface area contributed by atoms with Crippen LogP contribution in [0.2, 0.25) is 0 Å². The fourth-order valence-corrected chi connectivity index (χ4v) is 4.61. The molecule has 2 saturated heterocycles. The van der Waals surface area contributed by atoms with E-state index in [-0.39, 0.29) is 18.6 Å². The number of amides is 4. The third-order valence-corrected chi connectivity index (χ3v) is 6.10. The van der Waals surface area contributed by atoms with Crippen LogP contribution < -0.4 is 16.1 Å². The van der Waals surface area contributed by atoms with E-state index in [9.17, 15) is 24.0 Å². The Kier molecular flexibility index (Phi) is 3.80. The van der Waals surface area contributed by atoms with Crippen molar-refractivity contribution in [1.82, 2.24) is 18.9 Å². The van der Waals surface area contributed by atoms with Gasteiger partial charge in [0.15, 0.2) is 5.41 Å². The summed E-state index contributed by atoms with van der Waals surface area (Å²) in [6.07, 6.45) is -0.201. The third-order valence-electron chi connectivity index (χ3n) is 6.10. The summed E-state index contributed by atoms with van der Waals surface area (Å²) < 4.78 is 7.88. The summed E-state index contributed by atoms with van der Waals surface area (Å²) in [6.45, 7) is 0.695. The molecule has 0 aromatic carbocycles. The van der Waals surface area contributed by atoms with Gasteiger partial charge < -0.3 is 9.64 Å².